The number of methoxy groups -OCH3 is 1. The number of carbonyl (C=O) groups is 1. The Kier molecular flexibility index (Phi) is 4.37. The third kappa shape index (κ3) is 3.32. The van der Waals surface area contributed by atoms with Crippen LogP contribution in [0.2, 0.25) is 0 Å². The van der Waals surface area contributed by atoms with Crippen LogP contribution in [-0.2, 0) is 16.0 Å². The monoisotopic (exact) mass is 322 g/mol. The molecular weight excluding hydrogens is 304 g/mol. The Morgan fingerprint density at radius 3 is 2.62 bits per heavy atom. The molecule has 0 spiro atoms. The van der Waals surface area contributed by atoms with Crippen LogP contribution >= 0.6 is 0 Å². The van der Waals surface area contributed by atoms with E-state index >= 15 is 0 Å². The zero-order valence-electron chi connectivity index (χ0n) is 13.9. The summed E-state index contributed by atoms with van der Waals surface area (Å²) in [6.07, 6.45) is 1.90. The van der Waals surface area contributed by atoms with Crippen LogP contribution in [0.5, 0.6) is 0 Å². The standard InChI is InChI=1S/C18H18N4O2/c1-12-8-13(2)10-14(9-12)20-21-18-15(11-17(23)24-3)19-16-6-4-5-7-22(16)18/h4-10H,11H2,1-3H3. The van der Waals surface area contributed by atoms with Crippen LogP contribution in [-0.4, -0.2) is 22.5 Å². The number of nitrogens with zero attached hydrogens (tertiary/aromatic N) is 4. The van der Waals surface area contributed by atoms with Gasteiger partial charge in [-0.3, -0.25) is 9.20 Å². The molecule has 0 saturated carbocycles. The van der Waals surface area contributed by atoms with E-state index in [4.69, 9.17) is 4.74 Å². The molecule has 0 aliphatic rings. The maximum absolute atomic E-state index is 11.6. The first-order chi connectivity index (χ1) is 11.6. The number of azo groups is 1. The molecule has 0 unspecified atom stereocenters. The third-order valence-corrected chi connectivity index (χ3v) is 3.58. The number of aryl methyl sites for hydroxylation is 2. The number of fused-ring (bicyclic) bond motifs is 1. The number of pyridine rings is 1. The summed E-state index contributed by atoms with van der Waals surface area (Å²) in [7, 11) is 1.36. The summed E-state index contributed by atoms with van der Waals surface area (Å²) < 4.78 is 6.55. The van der Waals surface area contributed by atoms with E-state index in [2.05, 4.69) is 21.3 Å². The topological polar surface area (TPSA) is 68.3 Å². The van der Waals surface area contributed by atoms with Crippen molar-refractivity contribution in [2.75, 3.05) is 7.11 Å². The number of imidazole rings is 1. The first kappa shape index (κ1) is 15.9. The van der Waals surface area contributed by atoms with Gasteiger partial charge in [0.05, 0.1) is 24.9 Å². The molecule has 0 N–H and O–H groups in total. The van der Waals surface area contributed by atoms with Crippen molar-refractivity contribution in [1.29, 1.82) is 0 Å². The van der Waals surface area contributed by atoms with Crippen molar-refractivity contribution in [3.63, 3.8) is 0 Å². The Hall–Kier alpha value is -3.02. The second-order valence-corrected chi connectivity index (χ2v) is 5.61. The minimum absolute atomic E-state index is 0.0549. The summed E-state index contributed by atoms with van der Waals surface area (Å²) in [5.74, 6) is 0.177. The molecular formula is C18H18N4O2. The SMILES string of the molecule is COC(=O)Cc1nc2ccccn2c1N=Nc1cc(C)cc(C)c1. The van der Waals surface area contributed by atoms with E-state index in [1.54, 1.807) is 0 Å². The van der Waals surface area contributed by atoms with Gasteiger partial charge in [-0.15, -0.1) is 10.2 Å². The molecule has 6 heteroatoms. The molecule has 1 aromatic carbocycles. The zero-order valence-corrected chi connectivity index (χ0v) is 13.9. The second-order valence-electron chi connectivity index (χ2n) is 5.61. The summed E-state index contributed by atoms with van der Waals surface area (Å²) in [5.41, 5.74) is 4.27. The normalized spacial score (nSPS) is 11.3. The molecule has 0 saturated heterocycles. The molecule has 3 aromatic rings. The van der Waals surface area contributed by atoms with Gasteiger partial charge in [0, 0.05) is 6.20 Å². The van der Waals surface area contributed by atoms with Crippen molar-refractivity contribution in [2.45, 2.75) is 20.3 Å². The minimum Gasteiger partial charge on any atom is -0.469 e. The van der Waals surface area contributed by atoms with Gasteiger partial charge >= 0.3 is 5.97 Å². The highest BCUT2D eigenvalue weighted by molar-refractivity contribution is 5.74. The van der Waals surface area contributed by atoms with E-state index in [9.17, 15) is 4.79 Å². The Morgan fingerprint density at radius 2 is 1.92 bits per heavy atom. The van der Waals surface area contributed by atoms with Crippen LogP contribution in [0.15, 0.2) is 52.8 Å². The molecule has 122 valence electrons. The molecule has 2 heterocycles. The summed E-state index contributed by atoms with van der Waals surface area (Å²) >= 11 is 0. The molecule has 0 radical (unpaired) electrons. The van der Waals surface area contributed by atoms with Gasteiger partial charge in [-0.1, -0.05) is 12.1 Å². The van der Waals surface area contributed by atoms with Crippen molar-refractivity contribution >= 4 is 23.1 Å². The van der Waals surface area contributed by atoms with Crippen molar-refractivity contribution < 1.29 is 9.53 Å². The number of carbonyl (C=O) groups excluding carboxylic acids is 1. The Morgan fingerprint density at radius 1 is 1.17 bits per heavy atom. The zero-order chi connectivity index (χ0) is 17.1. The minimum atomic E-state index is -0.360. The average molecular weight is 322 g/mol. The highest BCUT2D eigenvalue weighted by atomic mass is 16.5. The first-order valence-corrected chi connectivity index (χ1v) is 7.59. The summed E-state index contributed by atoms with van der Waals surface area (Å²) in [6.45, 7) is 4.03. The Bertz CT molecular complexity index is 908. The number of rotatable bonds is 4. The molecule has 0 bridgehead atoms. The molecule has 2 aromatic heterocycles. The van der Waals surface area contributed by atoms with Crippen molar-refractivity contribution in [1.82, 2.24) is 9.38 Å². The lowest BCUT2D eigenvalue weighted by Gasteiger charge is -2.00. The van der Waals surface area contributed by atoms with Crippen molar-refractivity contribution in [2.24, 2.45) is 10.2 Å². The van der Waals surface area contributed by atoms with Gasteiger partial charge < -0.3 is 4.74 Å². The van der Waals surface area contributed by atoms with Gasteiger partial charge in [-0.05, 0) is 49.2 Å². The van der Waals surface area contributed by atoms with Crippen LogP contribution in [0, 0.1) is 13.8 Å². The maximum Gasteiger partial charge on any atom is 0.311 e. The quantitative estimate of drug-likeness (QED) is 0.537. The molecule has 0 amide bonds. The largest absolute Gasteiger partial charge is 0.469 e. The van der Waals surface area contributed by atoms with Crippen LogP contribution in [0.3, 0.4) is 0 Å². The lowest BCUT2D eigenvalue weighted by Crippen LogP contribution is -2.04. The van der Waals surface area contributed by atoms with E-state index in [1.807, 2.05) is 54.8 Å². The molecule has 24 heavy (non-hydrogen) atoms. The number of aromatic nitrogens is 2. The van der Waals surface area contributed by atoms with Gasteiger partial charge in [0.15, 0.2) is 5.82 Å². The van der Waals surface area contributed by atoms with E-state index < -0.39 is 0 Å². The third-order valence-electron chi connectivity index (χ3n) is 3.58. The second kappa shape index (κ2) is 6.62. The molecule has 0 fully saturated rings. The molecule has 0 atom stereocenters. The van der Waals surface area contributed by atoms with E-state index in [0.717, 1.165) is 16.8 Å². The van der Waals surface area contributed by atoms with Gasteiger partial charge in [0.2, 0.25) is 0 Å². The molecule has 0 aliphatic carbocycles. The van der Waals surface area contributed by atoms with E-state index in [-0.39, 0.29) is 12.4 Å². The van der Waals surface area contributed by atoms with Gasteiger partial charge in [-0.25, -0.2) is 4.98 Å². The van der Waals surface area contributed by atoms with Gasteiger partial charge in [0.25, 0.3) is 0 Å². The highest BCUT2D eigenvalue weighted by Crippen LogP contribution is 2.25. The highest BCUT2D eigenvalue weighted by Gasteiger charge is 2.15. The van der Waals surface area contributed by atoms with Crippen LogP contribution in [0.25, 0.3) is 5.65 Å². The van der Waals surface area contributed by atoms with Crippen LogP contribution in [0.1, 0.15) is 16.8 Å². The molecule has 3 rings (SSSR count). The van der Waals surface area contributed by atoms with Crippen molar-refractivity contribution in [3.8, 4) is 0 Å². The molecule has 6 nitrogen and oxygen atoms in total. The predicted octanol–water partition coefficient (Wildman–Crippen LogP) is 4.08. The Balaban J connectivity index is 2.04. The molecule has 0 aliphatic heterocycles. The number of benzene rings is 1. The lowest BCUT2D eigenvalue weighted by molar-refractivity contribution is -0.139. The van der Waals surface area contributed by atoms with Crippen molar-refractivity contribution in [3.05, 3.63) is 59.4 Å². The Labute approximate surface area is 139 Å². The van der Waals surface area contributed by atoms with E-state index in [0.29, 0.717) is 17.2 Å². The average Bonchev–Trinajstić information content (AvgIpc) is 2.89. The number of esters is 1. The number of hydrogen-bond acceptors (Lipinski definition) is 5. The summed E-state index contributed by atoms with van der Waals surface area (Å²) in [4.78, 5) is 16.1. The maximum atomic E-state index is 11.6. The summed E-state index contributed by atoms with van der Waals surface area (Å²) in [5, 5.41) is 8.68. The number of hydrogen-bond donors (Lipinski definition) is 0. The smallest absolute Gasteiger partial charge is 0.311 e. The van der Waals surface area contributed by atoms with E-state index in [1.165, 1.54) is 7.11 Å². The van der Waals surface area contributed by atoms with Gasteiger partial charge in [0.1, 0.15) is 5.65 Å². The van der Waals surface area contributed by atoms with Gasteiger partial charge in [-0.2, -0.15) is 0 Å². The fraction of sp³-hybridized carbons (Fsp3) is 0.222. The predicted molar refractivity (Wildman–Crippen MR) is 91.0 cm³/mol. The summed E-state index contributed by atoms with van der Waals surface area (Å²) in [6, 6.07) is 11.6. The first-order valence-electron chi connectivity index (χ1n) is 7.59. The number of ether oxygens (including phenoxy) is 1. The van der Waals surface area contributed by atoms with Crippen LogP contribution < -0.4 is 0 Å². The fourth-order valence-corrected chi connectivity index (χ4v) is 2.58. The fourth-order valence-electron chi connectivity index (χ4n) is 2.58. The van der Waals surface area contributed by atoms with Crippen LogP contribution in [0.4, 0.5) is 11.5 Å². The lowest BCUT2D eigenvalue weighted by atomic mass is 10.1.